The average molecular weight is 228 g/mol. The SMILES string of the molecule is CCOS(=O)(=O)[C@@H]1CCS(=O)(=O)C1. The molecule has 78 valence electrons. The van der Waals surface area contributed by atoms with Crippen molar-refractivity contribution < 1.29 is 21.0 Å². The molecule has 1 rings (SSSR count). The summed E-state index contributed by atoms with van der Waals surface area (Å²) in [4.78, 5) is 0. The Kier molecular flexibility index (Phi) is 2.98. The molecule has 0 bridgehead atoms. The normalized spacial score (nSPS) is 27.6. The first-order valence-electron chi connectivity index (χ1n) is 3.96. The quantitative estimate of drug-likeness (QED) is 0.611. The molecule has 0 aliphatic carbocycles. The second-order valence-electron chi connectivity index (χ2n) is 2.92. The molecule has 0 aromatic carbocycles. The lowest BCUT2D eigenvalue weighted by Crippen LogP contribution is -2.24. The van der Waals surface area contributed by atoms with Crippen molar-refractivity contribution >= 4 is 20.0 Å². The molecule has 1 aliphatic heterocycles. The van der Waals surface area contributed by atoms with Gasteiger partial charge in [-0.1, -0.05) is 0 Å². The molecule has 0 spiro atoms. The van der Waals surface area contributed by atoms with Crippen LogP contribution in [0.5, 0.6) is 0 Å². The van der Waals surface area contributed by atoms with Crippen molar-refractivity contribution in [1.82, 2.24) is 0 Å². The van der Waals surface area contributed by atoms with Crippen molar-refractivity contribution in [3.8, 4) is 0 Å². The summed E-state index contributed by atoms with van der Waals surface area (Å²) in [7, 11) is -6.82. The zero-order valence-electron chi connectivity index (χ0n) is 7.26. The lowest BCUT2D eigenvalue weighted by Gasteiger charge is -2.07. The predicted octanol–water partition coefficient (Wildman–Crippen LogP) is -0.460. The van der Waals surface area contributed by atoms with Crippen LogP contribution in [-0.4, -0.2) is 40.2 Å². The Balaban J connectivity index is 2.77. The van der Waals surface area contributed by atoms with Gasteiger partial charge in [0, 0.05) is 0 Å². The van der Waals surface area contributed by atoms with E-state index in [1.54, 1.807) is 6.92 Å². The fourth-order valence-electron chi connectivity index (χ4n) is 1.25. The van der Waals surface area contributed by atoms with E-state index in [9.17, 15) is 16.8 Å². The minimum absolute atomic E-state index is 0.0516. The van der Waals surface area contributed by atoms with Gasteiger partial charge in [-0.15, -0.1) is 0 Å². The van der Waals surface area contributed by atoms with E-state index in [1.807, 2.05) is 0 Å². The third kappa shape index (κ3) is 2.65. The smallest absolute Gasteiger partial charge is 0.270 e. The van der Waals surface area contributed by atoms with Gasteiger partial charge in [0.15, 0.2) is 9.84 Å². The maximum absolute atomic E-state index is 11.2. The second kappa shape index (κ2) is 3.55. The van der Waals surface area contributed by atoms with Crippen molar-refractivity contribution in [2.45, 2.75) is 18.6 Å². The van der Waals surface area contributed by atoms with E-state index in [-0.39, 0.29) is 24.5 Å². The van der Waals surface area contributed by atoms with Crippen LogP contribution in [0.2, 0.25) is 0 Å². The zero-order valence-corrected chi connectivity index (χ0v) is 8.90. The summed E-state index contributed by atoms with van der Waals surface area (Å²) in [6.45, 7) is 1.61. The van der Waals surface area contributed by atoms with Crippen LogP contribution in [-0.2, 0) is 24.1 Å². The summed E-state index contributed by atoms with van der Waals surface area (Å²) in [5.41, 5.74) is 0. The van der Waals surface area contributed by atoms with Gasteiger partial charge in [0.1, 0.15) is 5.25 Å². The first-order chi connectivity index (χ1) is 5.87. The molecule has 1 atom stereocenters. The first kappa shape index (κ1) is 10.9. The van der Waals surface area contributed by atoms with Crippen LogP contribution in [0.15, 0.2) is 0 Å². The summed E-state index contributed by atoms with van der Waals surface area (Å²) in [6.07, 6.45) is 0.157. The Morgan fingerprint density at radius 1 is 1.46 bits per heavy atom. The third-order valence-corrected chi connectivity index (χ3v) is 5.64. The van der Waals surface area contributed by atoms with Crippen molar-refractivity contribution in [2.24, 2.45) is 0 Å². The Hall–Kier alpha value is -0.140. The minimum Gasteiger partial charge on any atom is -0.270 e. The summed E-state index contributed by atoms with van der Waals surface area (Å²) in [6, 6.07) is 0. The van der Waals surface area contributed by atoms with Gasteiger partial charge in [-0.25, -0.2) is 8.42 Å². The van der Waals surface area contributed by atoms with E-state index in [0.717, 1.165) is 0 Å². The Labute approximate surface area is 78.1 Å². The number of hydrogen-bond acceptors (Lipinski definition) is 5. The molecule has 13 heavy (non-hydrogen) atoms. The second-order valence-corrected chi connectivity index (χ2v) is 7.04. The summed E-state index contributed by atoms with van der Waals surface area (Å²) < 4.78 is 48.9. The summed E-state index contributed by atoms with van der Waals surface area (Å²) in [5.74, 6) is -0.348. The Bertz CT molecular complexity index is 366. The molecule has 0 aromatic heterocycles. The highest BCUT2D eigenvalue weighted by Gasteiger charge is 2.37. The van der Waals surface area contributed by atoms with Gasteiger partial charge in [0.05, 0.1) is 18.1 Å². The van der Waals surface area contributed by atoms with Gasteiger partial charge in [0.2, 0.25) is 0 Å². The van der Waals surface area contributed by atoms with E-state index in [4.69, 9.17) is 0 Å². The fraction of sp³-hybridized carbons (Fsp3) is 1.00. The van der Waals surface area contributed by atoms with Crippen molar-refractivity contribution in [3.63, 3.8) is 0 Å². The number of rotatable bonds is 3. The maximum Gasteiger partial charge on any atom is 0.271 e. The molecule has 0 amide bonds. The topological polar surface area (TPSA) is 77.5 Å². The van der Waals surface area contributed by atoms with Crippen LogP contribution in [0.1, 0.15) is 13.3 Å². The highest BCUT2D eigenvalue weighted by Crippen LogP contribution is 2.19. The van der Waals surface area contributed by atoms with E-state index in [1.165, 1.54) is 0 Å². The number of sulfone groups is 1. The first-order valence-corrected chi connectivity index (χ1v) is 7.25. The molecule has 0 radical (unpaired) electrons. The molecule has 0 aromatic rings. The molecule has 0 N–H and O–H groups in total. The van der Waals surface area contributed by atoms with E-state index < -0.39 is 25.2 Å². The highest BCUT2D eigenvalue weighted by atomic mass is 32.2. The minimum atomic E-state index is -3.66. The van der Waals surface area contributed by atoms with Crippen LogP contribution in [0.25, 0.3) is 0 Å². The lowest BCUT2D eigenvalue weighted by atomic mass is 10.4. The molecular weight excluding hydrogens is 216 g/mol. The molecule has 5 nitrogen and oxygen atoms in total. The van der Waals surface area contributed by atoms with Gasteiger partial charge in [0.25, 0.3) is 10.1 Å². The molecule has 1 saturated heterocycles. The van der Waals surface area contributed by atoms with Crippen molar-refractivity contribution in [1.29, 1.82) is 0 Å². The molecule has 0 unspecified atom stereocenters. The molecule has 1 aliphatic rings. The van der Waals surface area contributed by atoms with Gasteiger partial charge in [-0.05, 0) is 13.3 Å². The van der Waals surface area contributed by atoms with Crippen molar-refractivity contribution in [3.05, 3.63) is 0 Å². The van der Waals surface area contributed by atoms with Crippen LogP contribution in [0, 0.1) is 0 Å². The largest absolute Gasteiger partial charge is 0.271 e. The third-order valence-electron chi connectivity index (χ3n) is 1.88. The Morgan fingerprint density at radius 2 is 2.08 bits per heavy atom. The van der Waals surface area contributed by atoms with E-state index in [2.05, 4.69) is 4.18 Å². The van der Waals surface area contributed by atoms with E-state index in [0.29, 0.717) is 0 Å². The van der Waals surface area contributed by atoms with Gasteiger partial charge < -0.3 is 0 Å². The molecule has 1 fully saturated rings. The summed E-state index contributed by atoms with van der Waals surface area (Å²) in [5, 5.41) is -0.863. The van der Waals surface area contributed by atoms with Gasteiger partial charge in [-0.3, -0.25) is 4.18 Å². The van der Waals surface area contributed by atoms with Gasteiger partial charge >= 0.3 is 0 Å². The monoisotopic (exact) mass is 228 g/mol. The predicted molar refractivity (Wildman–Crippen MR) is 47.6 cm³/mol. The maximum atomic E-state index is 11.2. The van der Waals surface area contributed by atoms with Crippen LogP contribution in [0.3, 0.4) is 0 Å². The standard InChI is InChI=1S/C6H12O5S2/c1-2-11-13(9,10)6-3-4-12(7,8)5-6/h6H,2-5H2,1H3/t6-/m1/s1. The lowest BCUT2D eigenvalue weighted by molar-refractivity contribution is 0.332. The highest BCUT2D eigenvalue weighted by molar-refractivity contribution is 7.94. The molecule has 1 heterocycles. The van der Waals surface area contributed by atoms with Crippen LogP contribution in [0.4, 0.5) is 0 Å². The van der Waals surface area contributed by atoms with Crippen LogP contribution < -0.4 is 0 Å². The Morgan fingerprint density at radius 3 is 2.46 bits per heavy atom. The molecule has 7 heteroatoms. The number of hydrogen-bond donors (Lipinski definition) is 0. The van der Waals surface area contributed by atoms with Crippen LogP contribution >= 0.6 is 0 Å². The fourth-order valence-corrected chi connectivity index (χ4v) is 5.16. The van der Waals surface area contributed by atoms with Gasteiger partial charge in [-0.2, -0.15) is 8.42 Å². The average Bonchev–Trinajstić information content (AvgIpc) is 2.30. The summed E-state index contributed by atoms with van der Waals surface area (Å²) >= 11 is 0. The van der Waals surface area contributed by atoms with E-state index >= 15 is 0 Å². The van der Waals surface area contributed by atoms with Crippen molar-refractivity contribution in [2.75, 3.05) is 18.1 Å². The molecule has 0 saturated carbocycles. The zero-order chi connectivity index (χ0) is 10.1. The molecular formula is C6H12O5S2.